The third-order valence-corrected chi connectivity index (χ3v) is 5.71. The van der Waals surface area contributed by atoms with Crippen LogP contribution >= 0.6 is 0 Å². The average Bonchev–Trinajstić information content (AvgIpc) is 3.17. The Kier molecular flexibility index (Phi) is 6.40. The van der Waals surface area contributed by atoms with E-state index in [4.69, 9.17) is 9.47 Å². The molecular weight excluding hydrogens is 402 g/mol. The number of hydrogen-bond acceptors (Lipinski definition) is 4. The first-order valence-corrected chi connectivity index (χ1v) is 10.5. The first-order valence-electron chi connectivity index (χ1n) is 10.5. The molecule has 0 radical (unpaired) electrons. The molecule has 1 N–H and O–H groups in total. The van der Waals surface area contributed by atoms with E-state index in [2.05, 4.69) is 33.2 Å². The highest BCUT2D eigenvalue weighted by Crippen LogP contribution is 2.37. The lowest BCUT2D eigenvalue weighted by atomic mass is 9.87. The molecule has 0 saturated heterocycles. The second-order valence-electron chi connectivity index (χ2n) is 7.75. The van der Waals surface area contributed by atoms with Crippen molar-refractivity contribution in [2.24, 2.45) is 7.05 Å². The lowest BCUT2D eigenvalue weighted by Crippen LogP contribution is -2.25. The SMILES string of the molecule is COc1cc(OC)cc(C(CC(=O)NCc2ccncc2)c2cn(C)c3ccccc23)c1. The summed E-state index contributed by atoms with van der Waals surface area (Å²) in [5.74, 6) is 1.20. The number of aromatic nitrogens is 2. The van der Waals surface area contributed by atoms with Crippen LogP contribution in [0.2, 0.25) is 0 Å². The van der Waals surface area contributed by atoms with Crippen molar-refractivity contribution in [3.8, 4) is 11.5 Å². The standard InChI is InChI=1S/C26H27N3O3/c1-29-17-24(22-6-4-5-7-25(22)29)23(19-12-20(31-2)14-21(13-19)32-3)15-26(30)28-16-18-8-10-27-11-9-18/h4-14,17,23H,15-16H2,1-3H3,(H,28,30). The van der Waals surface area contributed by atoms with Crippen molar-refractivity contribution in [1.82, 2.24) is 14.9 Å². The third kappa shape index (κ3) is 4.59. The van der Waals surface area contributed by atoms with Crippen molar-refractivity contribution >= 4 is 16.8 Å². The van der Waals surface area contributed by atoms with Crippen molar-refractivity contribution in [2.45, 2.75) is 18.9 Å². The van der Waals surface area contributed by atoms with E-state index in [9.17, 15) is 4.79 Å². The van der Waals surface area contributed by atoms with E-state index < -0.39 is 0 Å². The molecule has 0 aliphatic rings. The van der Waals surface area contributed by atoms with E-state index in [1.165, 1.54) is 0 Å². The van der Waals surface area contributed by atoms with E-state index in [1.807, 2.05) is 49.5 Å². The number of benzene rings is 2. The van der Waals surface area contributed by atoms with Gasteiger partial charge in [0.1, 0.15) is 11.5 Å². The molecule has 0 saturated carbocycles. The summed E-state index contributed by atoms with van der Waals surface area (Å²) in [4.78, 5) is 17.1. The van der Waals surface area contributed by atoms with Crippen LogP contribution in [0.1, 0.15) is 29.0 Å². The molecule has 2 heterocycles. The number of methoxy groups -OCH3 is 2. The highest BCUT2D eigenvalue weighted by atomic mass is 16.5. The second-order valence-corrected chi connectivity index (χ2v) is 7.75. The number of amides is 1. The van der Waals surface area contributed by atoms with Gasteiger partial charge in [-0.15, -0.1) is 0 Å². The van der Waals surface area contributed by atoms with Gasteiger partial charge >= 0.3 is 0 Å². The summed E-state index contributed by atoms with van der Waals surface area (Å²) in [7, 11) is 5.29. The fourth-order valence-electron chi connectivity index (χ4n) is 4.05. The smallest absolute Gasteiger partial charge is 0.221 e. The number of para-hydroxylation sites is 1. The predicted molar refractivity (Wildman–Crippen MR) is 125 cm³/mol. The largest absolute Gasteiger partial charge is 0.497 e. The zero-order chi connectivity index (χ0) is 22.5. The van der Waals surface area contributed by atoms with E-state index in [-0.39, 0.29) is 11.8 Å². The van der Waals surface area contributed by atoms with Crippen molar-refractivity contribution < 1.29 is 14.3 Å². The zero-order valence-corrected chi connectivity index (χ0v) is 18.5. The molecule has 6 nitrogen and oxygen atoms in total. The minimum absolute atomic E-state index is 0.0264. The molecule has 0 aliphatic carbocycles. The fourth-order valence-corrected chi connectivity index (χ4v) is 4.05. The number of carbonyl (C=O) groups excluding carboxylic acids is 1. The molecule has 0 aliphatic heterocycles. The number of nitrogens with one attached hydrogen (secondary N) is 1. The molecule has 1 unspecified atom stereocenters. The minimum Gasteiger partial charge on any atom is -0.497 e. The van der Waals surface area contributed by atoms with Crippen LogP contribution in [0.3, 0.4) is 0 Å². The van der Waals surface area contributed by atoms with Gasteiger partial charge in [-0.3, -0.25) is 9.78 Å². The molecule has 2 aromatic heterocycles. The van der Waals surface area contributed by atoms with Gasteiger partial charge in [-0.1, -0.05) is 18.2 Å². The van der Waals surface area contributed by atoms with Gasteiger partial charge < -0.3 is 19.4 Å². The quantitative estimate of drug-likeness (QED) is 0.450. The van der Waals surface area contributed by atoms with Crippen LogP contribution in [0, 0.1) is 0 Å². The van der Waals surface area contributed by atoms with E-state index in [0.717, 1.165) is 27.6 Å². The van der Waals surface area contributed by atoms with Crippen LogP contribution in [-0.2, 0) is 18.4 Å². The fraction of sp³-hybridized carbons (Fsp3) is 0.231. The highest BCUT2D eigenvalue weighted by molar-refractivity contribution is 5.86. The van der Waals surface area contributed by atoms with Crippen LogP contribution in [0.5, 0.6) is 11.5 Å². The van der Waals surface area contributed by atoms with Gasteiger partial charge in [0.2, 0.25) is 5.91 Å². The Hall–Kier alpha value is -3.80. The maximum Gasteiger partial charge on any atom is 0.221 e. The molecule has 4 rings (SSSR count). The number of ether oxygens (including phenoxy) is 2. The van der Waals surface area contributed by atoms with Gasteiger partial charge in [0.05, 0.1) is 14.2 Å². The average molecular weight is 430 g/mol. The van der Waals surface area contributed by atoms with Crippen LogP contribution in [0.15, 0.2) is 73.2 Å². The van der Waals surface area contributed by atoms with Crippen LogP contribution in [0.4, 0.5) is 0 Å². The number of carbonyl (C=O) groups is 1. The highest BCUT2D eigenvalue weighted by Gasteiger charge is 2.23. The predicted octanol–water partition coefficient (Wildman–Crippen LogP) is 4.43. The van der Waals surface area contributed by atoms with Gasteiger partial charge in [-0.2, -0.15) is 0 Å². The second kappa shape index (κ2) is 9.56. The first-order chi connectivity index (χ1) is 15.6. The molecule has 32 heavy (non-hydrogen) atoms. The topological polar surface area (TPSA) is 65.4 Å². The minimum atomic E-state index is -0.164. The maximum absolute atomic E-state index is 13.0. The summed E-state index contributed by atoms with van der Waals surface area (Å²) < 4.78 is 13.1. The van der Waals surface area contributed by atoms with Crippen molar-refractivity contribution in [3.63, 3.8) is 0 Å². The molecule has 164 valence electrons. The van der Waals surface area contributed by atoms with Gasteiger partial charge in [0, 0.05) is 61.5 Å². The zero-order valence-electron chi connectivity index (χ0n) is 18.5. The molecule has 0 spiro atoms. The van der Waals surface area contributed by atoms with E-state index in [0.29, 0.717) is 24.5 Å². The van der Waals surface area contributed by atoms with Gasteiger partial charge in [-0.25, -0.2) is 0 Å². The van der Waals surface area contributed by atoms with Crippen molar-refractivity contribution in [3.05, 3.63) is 89.9 Å². The number of pyridine rings is 1. The summed E-state index contributed by atoms with van der Waals surface area (Å²) in [6.07, 6.45) is 5.86. The Bertz CT molecular complexity index is 1200. The molecule has 0 fully saturated rings. The number of hydrogen-bond donors (Lipinski definition) is 1. The van der Waals surface area contributed by atoms with Crippen LogP contribution in [0.25, 0.3) is 10.9 Å². The number of rotatable bonds is 8. The molecule has 1 atom stereocenters. The van der Waals surface area contributed by atoms with E-state index >= 15 is 0 Å². The third-order valence-electron chi connectivity index (χ3n) is 5.71. The molecule has 6 heteroatoms. The number of fused-ring (bicyclic) bond motifs is 1. The Morgan fingerprint density at radius 1 is 1.03 bits per heavy atom. The van der Waals surface area contributed by atoms with Gasteiger partial charge in [0.25, 0.3) is 0 Å². The summed E-state index contributed by atoms with van der Waals surface area (Å²) in [5, 5.41) is 4.17. The molecular formula is C26H27N3O3. The number of aryl methyl sites for hydroxylation is 1. The Balaban J connectivity index is 1.71. The Morgan fingerprint density at radius 3 is 2.41 bits per heavy atom. The molecule has 0 bridgehead atoms. The normalized spacial score (nSPS) is 11.8. The van der Waals surface area contributed by atoms with Gasteiger partial charge in [0.15, 0.2) is 0 Å². The number of nitrogens with zero attached hydrogens (tertiary/aromatic N) is 2. The Morgan fingerprint density at radius 2 is 1.72 bits per heavy atom. The summed E-state index contributed by atoms with van der Waals surface area (Å²) in [6.45, 7) is 0.463. The molecule has 1 amide bonds. The van der Waals surface area contributed by atoms with Crippen molar-refractivity contribution in [2.75, 3.05) is 14.2 Å². The Labute approximate surface area is 187 Å². The van der Waals surface area contributed by atoms with Crippen LogP contribution < -0.4 is 14.8 Å². The monoisotopic (exact) mass is 429 g/mol. The molecule has 4 aromatic rings. The van der Waals surface area contributed by atoms with Crippen LogP contribution in [-0.4, -0.2) is 29.7 Å². The van der Waals surface area contributed by atoms with Gasteiger partial charge in [-0.05, 0) is 47.0 Å². The first kappa shape index (κ1) is 21.4. The lowest BCUT2D eigenvalue weighted by Gasteiger charge is -2.19. The summed E-state index contributed by atoms with van der Waals surface area (Å²) >= 11 is 0. The summed E-state index contributed by atoms with van der Waals surface area (Å²) in [6, 6.07) is 17.8. The van der Waals surface area contributed by atoms with Crippen molar-refractivity contribution in [1.29, 1.82) is 0 Å². The lowest BCUT2D eigenvalue weighted by molar-refractivity contribution is -0.121. The van der Waals surface area contributed by atoms with E-state index in [1.54, 1.807) is 26.6 Å². The maximum atomic E-state index is 13.0. The molecule has 2 aromatic carbocycles. The summed E-state index contributed by atoms with van der Waals surface area (Å²) in [5.41, 5.74) is 4.20.